The summed E-state index contributed by atoms with van der Waals surface area (Å²) in [6.45, 7) is 4.95. The summed E-state index contributed by atoms with van der Waals surface area (Å²) in [5.41, 5.74) is 0. The van der Waals surface area contributed by atoms with Crippen LogP contribution in [0.4, 0.5) is 0 Å². The molecular formula is C77H149NO5. The summed E-state index contributed by atoms with van der Waals surface area (Å²) in [5, 5.41) is 23.2. The standard InChI is InChI=1S/C77H149NO5/c1-3-5-7-9-11-13-15-17-19-38-43-47-51-55-59-63-67-71-77(82)83-72-68-64-60-56-52-48-44-40-37-35-33-31-29-27-25-23-21-22-24-26-28-30-32-34-36-39-42-46-50-54-58-62-66-70-76(81)78-74(73-79)75(80)69-65-61-57-53-49-45-41-20-18-16-14-12-10-8-6-4-2/h25,27,65,69,74-75,79-80H,3-24,26,28-64,66-68,70-73H2,1-2H3,(H,78,81)/b27-25-,69-65+. The molecule has 0 aliphatic heterocycles. The molecule has 0 aliphatic carbocycles. The van der Waals surface area contributed by atoms with E-state index in [0.717, 1.165) is 38.5 Å². The van der Waals surface area contributed by atoms with Crippen LogP contribution in [0.3, 0.4) is 0 Å². The molecule has 0 heterocycles. The lowest BCUT2D eigenvalue weighted by Crippen LogP contribution is -2.45. The van der Waals surface area contributed by atoms with Crippen LogP contribution < -0.4 is 5.32 Å². The first-order valence-electron chi connectivity index (χ1n) is 38.1. The fraction of sp³-hybridized carbons (Fsp3) is 0.922. The van der Waals surface area contributed by atoms with Crippen molar-refractivity contribution < 1.29 is 24.5 Å². The van der Waals surface area contributed by atoms with Crippen molar-refractivity contribution in [3.63, 3.8) is 0 Å². The van der Waals surface area contributed by atoms with E-state index in [1.165, 1.54) is 366 Å². The average molecular weight is 1170 g/mol. The van der Waals surface area contributed by atoms with E-state index in [-0.39, 0.29) is 18.5 Å². The van der Waals surface area contributed by atoms with Gasteiger partial charge in [-0.3, -0.25) is 9.59 Å². The van der Waals surface area contributed by atoms with Crippen LogP contribution in [0.15, 0.2) is 24.3 Å². The first kappa shape index (κ1) is 81.3. The number of carbonyl (C=O) groups is 2. The molecule has 0 aromatic rings. The van der Waals surface area contributed by atoms with E-state index in [0.29, 0.717) is 19.4 Å². The fourth-order valence-electron chi connectivity index (χ4n) is 12.2. The Morgan fingerprint density at radius 1 is 0.325 bits per heavy atom. The molecule has 0 aliphatic rings. The third-order valence-electron chi connectivity index (χ3n) is 18.0. The zero-order chi connectivity index (χ0) is 59.9. The first-order chi connectivity index (χ1) is 41.0. The van der Waals surface area contributed by atoms with Crippen LogP contribution in [-0.2, 0) is 14.3 Å². The van der Waals surface area contributed by atoms with E-state index in [9.17, 15) is 19.8 Å². The Morgan fingerprint density at radius 2 is 0.566 bits per heavy atom. The number of carbonyl (C=O) groups excluding carboxylic acids is 2. The number of hydrogen-bond acceptors (Lipinski definition) is 5. The highest BCUT2D eigenvalue weighted by Gasteiger charge is 2.18. The fourth-order valence-corrected chi connectivity index (χ4v) is 12.2. The van der Waals surface area contributed by atoms with Crippen molar-refractivity contribution in [1.82, 2.24) is 5.32 Å². The maximum atomic E-state index is 12.5. The third kappa shape index (κ3) is 69.3. The van der Waals surface area contributed by atoms with Crippen LogP contribution in [0.1, 0.15) is 431 Å². The van der Waals surface area contributed by atoms with Gasteiger partial charge in [-0.25, -0.2) is 0 Å². The van der Waals surface area contributed by atoms with Crippen molar-refractivity contribution in [3.8, 4) is 0 Å². The van der Waals surface area contributed by atoms with Gasteiger partial charge in [0.15, 0.2) is 0 Å². The second-order valence-corrected chi connectivity index (χ2v) is 26.3. The maximum Gasteiger partial charge on any atom is 0.305 e. The smallest absolute Gasteiger partial charge is 0.305 e. The van der Waals surface area contributed by atoms with Crippen molar-refractivity contribution in [1.29, 1.82) is 0 Å². The van der Waals surface area contributed by atoms with E-state index in [4.69, 9.17) is 4.74 Å². The van der Waals surface area contributed by atoms with E-state index in [1.807, 2.05) is 6.08 Å². The van der Waals surface area contributed by atoms with Crippen LogP contribution in [0.5, 0.6) is 0 Å². The zero-order valence-electron chi connectivity index (χ0n) is 56.5. The summed E-state index contributed by atoms with van der Waals surface area (Å²) in [6, 6.07) is -0.625. The van der Waals surface area contributed by atoms with Gasteiger partial charge in [0.25, 0.3) is 0 Å². The molecule has 0 spiro atoms. The molecule has 2 atom stereocenters. The van der Waals surface area contributed by atoms with Crippen LogP contribution in [0.25, 0.3) is 0 Å². The van der Waals surface area contributed by atoms with Crippen LogP contribution >= 0.6 is 0 Å². The Bertz CT molecular complexity index is 1300. The van der Waals surface area contributed by atoms with Gasteiger partial charge < -0.3 is 20.3 Å². The minimum atomic E-state index is -0.842. The van der Waals surface area contributed by atoms with Crippen LogP contribution in [-0.4, -0.2) is 47.4 Å². The summed E-state index contributed by atoms with van der Waals surface area (Å²) in [6.07, 6.45) is 92.9. The van der Waals surface area contributed by atoms with Gasteiger partial charge in [0.2, 0.25) is 5.91 Å². The molecule has 1 amide bonds. The van der Waals surface area contributed by atoms with Crippen molar-refractivity contribution in [2.45, 2.75) is 443 Å². The normalized spacial score (nSPS) is 12.6. The Hall–Kier alpha value is -1.66. The summed E-state index contributed by atoms with van der Waals surface area (Å²) >= 11 is 0. The Balaban J connectivity index is 3.34. The van der Waals surface area contributed by atoms with Crippen LogP contribution in [0.2, 0.25) is 0 Å². The molecule has 492 valence electrons. The molecule has 0 aromatic heterocycles. The van der Waals surface area contributed by atoms with Crippen molar-refractivity contribution in [2.24, 2.45) is 0 Å². The number of esters is 1. The number of aliphatic hydroxyl groups is 2. The average Bonchev–Trinajstić information content (AvgIpc) is 3.49. The minimum Gasteiger partial charge on any atom is -0.466 e. The number of rotatable bonds is 72. The summed E-state index contributed by atoms with van der Waals surface area (Å²) in [5.74, 6) is -0.0384. The van der Waals surface area contributed by atoms with Gasteiger partial charge in [-0.2, -0.15) is 0 Å². The van der Waals surface area contributed by atoms with Gasteiger partial charge >= 0.3 is 5.97 Å². The predicted molar refractivity (Wildman–Crippen MR) is 366 cm³/mol. The van der Waals surface area contributed by atoms with Gasteiger partial charge in [-0.15, -0.1) is 0 Å². The lowest BCUT2D eigenvalue weighted by atomic mass is 10.0. The highest BCUT2D eigenvalue weighted by molar-refractivity contribution is 5.76. The molecule has 3 N–H and O–H groups in total. The molecule has 0 bridgehead atoms. The predicted octanol–water partition coefficient (Wildman–Crippen LogP) is 24.9. The van der Waals surface area contributed by atoms with Gasteiger partial charge in [-0.1, -0.05) is 385 Å². The quantitative estimate of drug-likeness (QED) is 0.0320. The van der Waals surface area contributed by atoms with E-state index in [2.05, 4.69) is 31.3 Å². The largest absolute Gasteiger partial charge is 0.466 e. The third-order valence-corrected chi connectivity index (χ3v) is 18.0. The topological polar surface area (TPSA) is 95.9 Å². The highest BCUT2D eigenvalue weighted by atomic mass is 16.5. The van der Waals surface area contributed by atoms with Crippen molar-refractivity contribution in [2.75, 3.05) is 13.2 Å². The number of allylic oxidation sites excluding steroid dienone is 3. The Morgan fingerprint density at radius 3 is 0.855 bits per heavy atom. The number of hydrogen-bond donors (Lipinski definition) is 3. The van der Waals surface area contributed by atoms with E-state index in [1.54, 1.807) is 6.08 Å². The molecule has 6 heteroatoms. The molecule has 0 aromatic carbocycles. The monoisotopic (exact) mass is 1170 g/mol. The van der Waals surface area contributed by atoms with Crippen molar-refractivity contribution >= 4 is 11.9 Å². The van der Waals surface area contributed by atoms with Gasteiger partial charge in [0, 0.05) is 12.8 Å². The summed E-state index contributed by atoms with van der Waals surface area (Å²) in [4.78, 5) is 24.6. The SMILES string of the molecule is CCCCCCCCCCCCCCCC/C=C/C(O)C(CO)NC(=O)CCCCCCCCCCCCCCCCCCC/C=C\CCCCCCCCCCCCCCOC(=O)CCCCCCCCCCCCCCCCCCC. The van der Waals surface area contributed by atoms with E-state index >= 15 is 0 Å². The molecular weight excluding hydrogens is 1020 g/mol. The van der Waals surface area contributed by atoms with Gasteiger partial charge in [0.05, 0.1) is 25.4 Å². The number of nitrogens with one attached hydrogen (secondary N) is 1. The Labute approximate surface area is 520 Å². The molecule has 0 rings (SSSR count). The molecule has 6 nitrogen and oxygen atoms in total. The van der Waals surface area contributed by atoms with Gasteiger partial charge in [-0.05, 0) is 57.8 Å². The highest BCUT2D eigenvalue weighted by Crippen LogP contribution is 2.19. The summed E-state index contributed by atoms with van der Waals surface area (Å²) < 4.78 is 5.51. The zero-order valence-corrected chi connectivity index (χ0v) is 56.5. The second kappa shape index (κ2) is 72.8. The van der Waals surface area contributed by atoms with E-state index < -0.39 is 12.1 Å². The molecule has 0 saturated carbocycles. The maximum absolute atomic E-state index is 12.5. The molecule has 0 fully saturated rings. The van der Waals surface area contributed by atoms with Gasteiger partial charge in [0.1, 0.15) is 0 Å². The first-order valence-corrected chi connectivity index (χ1v) is 38.1. The lowest BCUT2D eigenvalue weighted by Gasteiger charge is -2.20. The van der Waals surface area contributed by atoms with Crippen molar-refractivity contribution in [3.05, 3.63) is 24.3 Å². The number of aliphatic hydroxyl groups excluding tert-OH is 2. The lowest BCUT2D eigenvalue weighted by molar-refractivity contribution is -0.143. The Kier molecular flexibility index (Phi) is 71.4. The number of ether oxygens (including phenoxy) is 1. The molecule has 0 radical (unpaired) electrons. The van der Waals surface area contributed by atoms with Crippen LogP contribution in [0, 0.1) is 0 Å². The summed E-state index contributed by atoms with van der Waals surface area (Å²) in [7, 11) is 0. The number of unbranched alkanes of at least 4 members (excludes halogenated alkanes) is 59. The second-order valence-electron chi connectivity index (χ2n) is 26.3. The molecule has 2 unspecified atom stereocenters. The molecule has 0 saturated heterocycles. The molecule has 83 heavy (non-hydrogen) atoms. The minimum absolute atomic E-state index is 0.0233. The number of amides is 1.